The maximum absolute atomic E-state index is 12.6. The molecule has 0 radical (unpaired) electrons. The van der Waals surface area contributed by atoms with Crippen molar-refractivity contribution in [3.63, 3.8) is 0 Å². The van der Waals surface area contributed by atoms with E-state index in [4.69, 9.17) is 62.8 Å². The van der Waals surface area contributed by atoms with Crippen molar-refractivity contribution in [1.82, 2.24) is 5.06 Å². The molecule has 0 aromatic heterocycles. The van der Waals surface area contributed by atoms with E-state index in [2.05, 4.69) is 0 Å². The third-order valence-corrected chi connectivity index (χ3v) is 8.36. The third-order valence-electron chi connectivity index (χ3n) is 8.36. The van der Waals surface area contributed by atoms with Gasteiger partial charge in [-0.15, -0.1) is 0 Å². The minimum atomic E-state index is -1.50. The summed E-state index contributed by atoms with van der Waals surface area (Å²) in [5.41, 5.74) is 35.8. The largest absolute Gasteiger partial charge is 0.394 e. The highest BCUT2D eigenvalue weighted by molar-refractivity contribution is 5.75. The number of amides is 1. The maximum atomic E-state index is 12.6. The van der Waals surface area contributed by atoms with E-state index in [0.29, 0.717) is 5.06 Å². The van der Waals surface area contributed by atoms with Crippen LogP contribution in [0.1, 0.15) is 12.8 Å². The van der Waals surface area contributed by atoms with Crippen molar-refractivity contribution in [1.29, 1.82) is 0 Å². The summed E-state index contributed by atoms with van der Waals surface area (Å²) < 4.78 is 35.8. The van der Waals surface area contributed by atoms with Crippen LogP contribution in [0.4, 0.5) is 0 Å². The van der Waals surface area contributed by atoms with E-state index < -0.39 is 104 Å². The van der Waals surface area contributed by atoms with Crippen molar-refractivity contribution >= 4 is 5.91 Å². The molecule has 3 aliphatic heterocycles. The van der Waals surface area contributed by atoms with Gasteiger partial charge in [0.05, 0.1) is 43.5 Å². The van der Waals surface area contributed by atoms with Crippen molar-refractivity contribution in [3.8, 4) is 0 Å². The smallest absolute Gasteiger partial charge is 0.246 e. The molecule has 18 heteroatoms. The summed E-state index contributed by atoms with van der Waals surface area (Å²) in [5, 5.41) is 43.4. The van der Waals surface area contributed by atoms with Crippen molar-refractivity contribution in [3.05, 3.63) is 24.3 Å². The van der Waals surface area contributed by atoms with Crippen LogP contribution in [0.2, 0.25) is 0 Å². The molecule has 0 aromatic carbocycles. The summed E-state index contributed by atoms with van der Waals surface area (Å²) in [6.07, 6.45) is -5.36. The van der Waals surface area contributed by atoms with Crippen LogP contribution in [0.25, 0.3) is 0 Å². The molecule has 0 unspecified atom stereocenters. The van der Waals surface area contributed by atoms with Crippen LogP contribution in [-0.2, 0) is 33.2 Å². The Balaban J connectivity index is 1.54. The van der Waals surface area contributed by atoms with Gasteiger partial charge in [0.25, 0.3) is 0 Å². The monoisotopic (exact) mass is 647 g/mol. The first-order chi connectivity index (χ1) is 21.5. The molecule has 1 aliphatic carbocycles. The van der Waals surface area contributed by atoms with E-state index in [1.54, 1.807) is 24.3 Å². The standard InChI is InChI=1S/C27H49N7O11/c28-5-6-34(39)19(36)8-12-7-17(33)22(43-25-15(31)3-1-13(9-29)40-25)24(20(12)37)45-27-21(38)23(18(11-35)42-27)44-26-16(32)4-2-14(10-30)41-26/h1-4,12-18,20-27,35,37-39H,5-11,28-33H2/t12-,13-,14+,15+,16+,17-,18+,20-,21+,22+,23+,24+,25+,26+,27-/m0/s1. The van der Waals surface area contributed by atoms with Crippen LogP contribution in [0.3, 0.4) is 0 Å². The second-order valence-corrected chi connectivity index (χ2v) is 11.7. The molecule has 45 heavy (non-hydrogen) atoms. The Labute approximate surface area is 261 Å². The molecule has 1 saturated heterocycles. The topological polar surface area (TPSA) is 313 Å². The molecule has 0 bridgehead atoms. The quantitative estimate of drug-likeness (QED) is 0.0506. The molecule has 0 aromatic rings. The van der Waals surface area contributed by atoms with Gasteiger partial charge in [0, 0.05) is 32.1 Å². The fraction of sp³-hybridized carbons (Fsp3) is 0.815. The molecule has 1 amide bonds. The summed E-state index contributed by atoms with van der Waals surface area (Å²) in [4.78, 5) is 12.6. The SMILES string of the molecule is NCCN(O)C(=O)C[C@@H]1C[C@H](N)[C@@H](O[C@H]2O[C@H](CN)C=C[C@H]2N)[C@H](O[C@@H]2O[C@H](CO)[C@@H](O[C@H]3O[C@@H](CN)C=C[C@H]3N)[C@H]2O)[C@H]1O. The van der Waals surface area contributed by atoms with Gasteiger partial charge in [0.2, 0.25) is 5.91 Å². The fourth-order valence-corrected chi connectivity index (χ4v) is 5.86. The summed E-state index contributed by atoms with van der Waals surface area (Å²) in [6, 6.07) is -2.22. The lowest BCUT2D eigenvalue weighted by Crippen LogP contribution is -2.62. The van der Waals surface area contributed by atoms with Crippen LogP contribution in [0.5, 0.6) is 0 Å². The molecule has 4 aliphatic rings. The number of nitrogens with two attached hydrogens (primary N) is 6. The Morgan fingerprint density at radius 3 is 1.89 bits per heavy atom. The lowest BCUT2D eigenvalue weighted by molar-refractivity contribution is -0.283. The minimum Gasteiger partial charge on any atom is -0.394 e. The number of ether oxygens (including phenoxy) is 6. The second kappa shape index (κ2) is 16.4. The molecular weight excluding hydrogens is 598 g/mol. The third kappa shape index (κ3) is 8.62. The molecular formula is C27H49N7O11. The molecule has 3 heterocycles. The van der Waals surface area contributed by atoms with Crippen LogP contribution >= 0.6 is 0 Å². The van der Waals surface area contributed by atoms with Gasteiger partial charge in [-0.25, -0.2) is 5.06 Å². The predicted molar refractivity (Wildman–Crippen MR) is 155 cm³/mol. The number of carbonyl (C=O) groups excluding carboxylic acids is 1. The Hall–Kier alpha value is -1.69. The first-order valence-electron chi connectivity index (χ1n) is 15.1. The molecule has 2 fully saturated rings. The first kappa shape index (κ1) is 36.2. The zero-order valence-corrected chi connectivity index (χ0v) is 25.0. The highest BCUT2D eigenvalue weighted by Gasteiger charge is 2.53. The highest BCUT2D eigenvalue weighted by Crippen LogP contribution is 2.36. The lowest BCUT2D eigenvalue weighted by Gasteiger charge is -2.46. The molecule has 15 atom stereocenters. The van der Waals surface area contributed by atoms with Crippen LogP contribution < -0.4 is 34.4 Å². The van der Waals surface area contributed by atoms with Gasteiger partial charge in [-0.05, 0) is 12.3 Å². The van der Waals surface area contributed by atoms with Crippen molar-refractivity contribution in [2.75, 3.05) is 32.8 Å². The van der Waals surface area contributed by atoms with Crippen molar-refractivity contribution < 1.29 is 53.7 Å². The predicted octanol–water partition coefficient (Wildman–Crippen LogP) is -5.37. The number of hydrogen-bond donors (Lipinski definition) is 10. The summed E-state index contributed by atoms with van der Waals surface area (Å²) in [7, 11) is 0. The van der Waals surface area contributed by atoms with E-state index in [0.717, 1.165) is 0 Å². The lowest BCUT2D eigenvalue weighted by atomic mass is 9.77. The van der Waals surface area contributed by atoms with E-state index in [9.17, 15) is 25.3 Å². The van der Waals surface area contributed by atoms with Crippen LogP contribution in [-0.4, -0.2) is 150 Å². The summed E-state index contributed by atoms with van der Waals surface area (Å²) in [5.74, 6) is -1.47. The second-order valence-electron chi connectivity index (χ2n) is 11.7. The molecule has 18 nitrogen and oxygen atoms in total. The number of hydroxylamine groups is 2. The zero-order valence-electron chi connectivity index (χ0n) is 25.0. The van der Waals surface area contributed by atoms with Gasteiger partial charge >= 0.3 is 0 Å². The van der Waals surface area contributed by atoms with Gasteiger partial charge in [-0.3, -0.25) is 10.0 Å². The molecule has 258 valence electrons. The van der Waals surface area contributed by atoms with Crippen LogP contribution in [0, 0.1) is 5.92 Å². The Morgan fingerprint density at radius 1 is 0.800 bits per heavy atom. The Kier molecular flexibility index (Phi) is 13.2. The van der Waals surface area contributed by atoms with E-state index in [1.165, 1.54) is 0 Å². The molecule has 0 spiro atoms. The normalized spacial score (nSPS) is 43.5. The van der Waals surface area contributed by atoms with Crippen LogP contribution in [0.15, 0.2) is 24.3 Å². The molecule has 4 rings (SSSR count). The number of rotatable bonds is 13. The molecule has 1 saturated carbocycles. The number of hydrogen-bond acceptors (Lipinski definition) is 17. The highest BCUT2D eigenvalue weighted by atomic mass is 16.8. The van der Waals surface area contributed by atoms with Crippen molar-refractivity contribution in [2.45, 2.75) is 98.7 Å². The number of aliphatic hydroxyl groups excluding tert-OH is 3. The van der Waals surface area contributed by atoms with E-state index in [-0.39, 0.29) is 39.0 Å². The van der Waals surface area contributed by atoms with Gasteiger partial charge in [-0.1, -0.05) is 24.3 Å². The summed E-state index contributed by atoms with van der Waals surface area (Å²) in [6.45, 7) is -0.302. The number of nitrogens with zero attached hydrogens (tertiary/aromatic N) is 1. The van der Waals surface area contributed by atoms with Gasteiger partial charge in [0.1, 0.15) is 30.5 Å². The minimum absolute atomic E-state index is 0.0304. The van der Waals surface area contributed by atoms with Gasteiger partial charge < -0.3 is 78.1 Å². The fourth-order valence-electron chi connectivity index (χ4n) is 5.86. The van der Waals surface area contributed by atoms with Gasteiger partial charge in [-0.2, -0.15) is 0 Å². The Morgan fingerprint density at radius 2 is 1.36 bits per heavy atom. The van der Waals surface area contributed by atoms with Gasteiger partial charge in [0.15, 0.2) is 18.9 Å². The summed E-state index contributed by atoms with van der Waals surface area (Å²) >= 11 is 0. The average molecular weight is 648 g/mol. The first-order valence-corrected chi connectivity index (χ1v) is 15.1. The van der Waals surface area contributed by atoms with E-state index >= 15 is 0 Å². The Bertz CT molecular complexity index is 1010. The number of carbonyl (C=O) groups is 1. The average Bonchev–Trinajstić information content (AvgIpc) is 3.32. The van der Waals surface area contributed by atoms with Crippen molar-refractivity contribution in [2.24, 2.45) is 40.3 Å². The number of aliphatic hydroxyl groups is 3. The maximum Gasteiger partial charge on any atom is 0.246 e. The van der Waals surface area contributed by atoms with E-state index in [1.807, 2.05) is 0 Å². The zero-order chi connectivity index (χ0) is 32.8. The molecule has 16 N–H and O–H groups in total.